The van der Waals surface area contributed by atoms with Gasteiger partial charge in [0.2, 0.25) is 0 Å². The highest BCUT2D eigenvalue weighted by atomic mass is 16.5. The van der Waals surface area contributed by atoms with Crippen molar-refractivity contribution in [2.24, 2.45) is 0 Å². The summed E-state index contributed by atoms with van der Waals surface area (Å²) >= 11 is 0. The molecule has 0 spiro atoms. The van der Waals surface area contributed by atoms with E-state index in [0.29, 0.717) is 6.42 Å². The first kappa shape index (κ1) is 8.95. The van der Waals surface area contributed by atoms with Crippen molar-refractivity contribution in [1.29, 1.82) is 0 Å². The Morgan fingerprint density at radius 3 is 2.40 bits per heavy atom. The molecule has 0 aromatic rings. The predicted molar refractivity (Wildman–Crippen MR) is 40.6 cm³/mol. The van der Waals surface area contributed by atoms with Crippen LogP contribution in [0.5, 0.6) is 0 Å². The van der Waals surface area contributed by atoms with Crippen LogP contribution in [-0.2, 0) is 9.53 Å². The molecule has 0 N–H and O–H groups in total. The highest BCUT2D eigenvalue weighted by molar-refractivity contribution is 5.48. The smallest absolute Gasteiger partial charge is 0.119 e. The molecule has 56 valence electrons. The molecular formula is C8H12O2. The lowest BCUT2D eigenvalue weighted by Gasteiger charge is -1.94. The van der Waals surface area contributed by atoms with Crippen LogP contribution in [0.2, 0.25) is 0 Å². The molecule has 0 unspecified atom stereocenters. The van der Waals surface area contributed by atoms with Gasteiger partial charge in [0.05, 0.1) is 6.26 Å². The summed E-state index contributed by atoms with van der Waals surface area (Å²) in [5.41, 5.74) is 0. The normalized spacial score (nSPS) is 12.9. The first-order valence-electron chi connectivity index (χ1n) is 3.28. The lowest BCUT2D eigenvalue weighted by molar-refractivity contribution is -0.107. The van der Waals surface area contributed by atoms with Crippen LogP contribution >= 0.6 is 0 Å². The predicted octanol–water partition coefficient (Wildman–Crippen LogP) is 1.68. The van der Waals surface area contributed by atoms with E-state index in [1.807, 2.05) is 25.2 Å². The van der Waals surface area contributed by atoms with Crippen molar-refractivity contribution in [2.75, 3.05) is 6.61 Å². The number of ether oxygens (including phenoxy) is 1. The van der Waals surface area contributed by atoms with Gasteiger partial charge in [0, 0.05) is 6.42 Å². The van der Waals surface area contributed by atoms with Crippen LogP contribution in [-0.4, -0.2) is 12.9 Å². The van der Waals surface area contributed by atoms with Crippen LogP contribution < -0.4 is 0 Å². The highest BCUT2D eigenvalue weighted by Crippen LogP contribution is 1.87. The molecule has 0 aromatic carbocycles. The summed E-state index contributed by atoms with van der Waals surface area (Å²) in [4.78, 5) is 9.17. The minimum atomic E-state index is 0.639. The summed E-state index contributed by atoms with van der Waals surface area (Å²) in [5, 5.41) is 0. The SMILES string of the molecule is C1=CCOC=C1.CCC=O. The second-order valence-electron chi connectivity index (χ2n) is 1.66. The van der Waals surface area contributed by atoms with Crippen LogP contribution in [0.25, 0.3) is 0 Å². The van der Waals surface area contributed by atoms with Gasteiger partial charge in [-0.3, -0.25) is 0 Å². The summed E-state index contributed by atoms with van der Waals surface area (Å²) in [7, 11) is 0. The lowest BCUT2D eigenvalue weighted by atomic mass is 10.5. The van der Waals surface area contributed by atoms with Gasteiger partial charge in [-0.15, -0.1) is 0 Å². The number of rotatable bonds is 1. The van der Waals surface area contributed by atoms with Crippen LogP contribution in [0.1, 0.15) is 13.3 Å². The van der Waals surface area contributed by atoms with Crippen molar-refractivity contribution in [3.8, 4) is 0 Å². The third-order valence-electron chi connectivity index (χ3n) is 0.781. The first-order valence-corrected chi connectivity index (χ1v) is 3.28. The minimum Gasteiger partial charge on any atom is -0.497 e. The Morgan fingerprint density at radius 2 is 2.30 bits per heavy atom. The van der Waals surface area contributed by atoms with E-state index in [1.54, 1.807) is 6.26 Å². The lowest BCUT2D eigenvalue weighted by Crippen LogP contribution is -1.82. The number of hydrogen-bond donors (Lipinski definition) is 0. The number of hydrogen-bond acceptors (Lipinski definition) is 2. The molecule has 0 aliphatic carbocycles. The van der Waals surface area contributed by atoms with Crippen LogP contribution in [0.15, 0.2) is 24.5 Å². The largest absolute Gasteiger partial charge is 0.497 e. The Hall–Kier alpha value is -1.05. The van der Waals surface area contributed by atoms with Crippen molar-refractivity contribution < 1.29 is 9.53 Å². The fourth-order valence-electron chi connectivity index (χ4n) is 0.346. The molecule has 0 fully saturated rings. The Bertz CT molecular complexity index is 113. The molecule has 1 rings (SSSR count). The van der Waals surface area contributed by atoms with E-state index < -0.39 is 0 Å². The topological polar surface area (TPSA) is 26.3 Å². The Balaban J connectivity index is 0.000000180. The van der Waals surface area contributed by atoms with Crippen molar-refractivity contribution >= 4 is 6.29 Å². The first-order chi connectivity index (χ1) is 4.91. The molecule has 1 aliphatic rings. The maximum atomic E-state index is 9.17. The quantitative estimate of drug-likeness (QED) is 0.518. The Labute approximate surface area is 61.2 Å². The summed E-state index contributed by atoms with van der Waals surface area (Å²) in [6.45, 7) is 2.55. The van der Waals surface area contributed by atoms with Crippen molar-refractivity contribution in [3.05, 3.63) is 24.5 Å². The van der Waals surface area contributed by atoms with E-state index in [1.165, 1.54) is 0 Å². The number of carbonyl (C=O) groups excluding carboxylic acids is 1. The van der Waals surface area contributed by atoms with Crippen molar-refractivity contribution in [1.82, 2.24) is 0 Å². The van der Waals surface area contributed by atoms with Crippen LogP contribution in [0.3, 0.4) is 0 Å². The number of allylic oxidation sites excluding steroid dienone is 2. The van der Waals surface area contributed by atoms with E-state index in [0.717, 1.165) is 12.9 Å². The highest BCUT2D eigenvalue weighted by Gasteiger charge is 1.75. The van der Waals surface area contributed by atoms with Gasteiger partial charge in [-0.25, -0.2) is 0 Å². The molecule has 1 heterocycles. The van der Waals surface area contributed by atoms with Crippen LogP contribution in [0.4, 0.5) is 0 Å². The molecule has 0 amide bonds. The number of aldehydes is 1. The van der Waals surface area contributed by atoms with E-state index >= 15 is 0 Å². The molecule has 10 heavy (non-hydrogen) atoms. The summed E-state index contributed by atoms with van der Waals surface area (Å²) < 4.78 is 4.80. The molecule has 1 aliphatic heterocycles. The molecule has 0 saturated carbocycles. The molecule has 0 atom stereocenters. The molecule has 0 radical (unpaired) electrons. The van der Waals surface area contributed by atoms with E-state index in [4.69, 9.17) is 4.74 Å². The maximum absolute atomic E-state index is 9.17. The second kappa shape index (κ2) is 7.95. The fraction of sp³-hybridized carbons (Fsp3) is 0.375. The zero-order valence-corrected chi connectivity index (χ0v) is 6.12. The third-order valence-corrected chi connectivity index (χ3v) is 0.781. The summed E-state index contributed by atoms with van der Waals surface area (Å²) in [5.74, 6) is 0. The molecule has 0 aromatic heterocycles. The molecular weight excluding hydrogens is 128 g/mol. The number of carbonyl (C=O) groups is 1. The van der Waals surface area contributed by atoms with E-state index in [-0.39, 0.29) is 0 Å². The average molecular weight is 140 g/mol. The van der Waals surface area contributed by atoms with Gasteiger partial charge in [-0.05, 0) is 12.2 Å². The Kier molecular flexibility index (Phi) is 7.12. The maximum Gasteiger partial charge on any atom is 0.119 e. The summed E-state index contributed by atoms with van der Waals surface area (Å²) in [6.07, 6.45) is 8.98. The van der Waals surface area contributed by atoms with Gasteiger partial charge in [-0.2, -0.15) is 0 Å². The van der Waals surface area contributed by atoms with Gasteiger partial charge in [0.15, 0.2) is 0 Å². The van der Waals surface area contributed by atoms with Gasteiger partial charge in [0.1, 0.15) is 12.9 Å². The van der Waals surface area contributed by atoms with E-state index in [9.17, 15) is 4.79 Å². The van der Waals surface area contributed by atoms with Gasteiger partial charge < -0.3 is 9.53 Å². The summed E-state index contributed by atoms with van der Waals surface area (Å²) in [6, 6.07) is 0. The van der Waals surface area contributed by atoms with Crippen molar-refractivity contribution in [2.45, 2.75) is 13.3 Å². The molecule has 2 nitrogen and oxygen atoms in total. The van der Waals surface area contributed by atoms with Gasteiger partial charge in [0.25, 0.3) is 0 Å². The Morgan fingerprint density at radius 1 is 1.60 bits per heavy atom. The van der Waals surface area contributed by atoms with Gasteiger partial charge in [-0.1, -0.05) is 13.0 Å². The average Bonchev–Trinajstić information content (AvgIpc) is 2.08. The molecule has 0 saturated heterocycles. The second-order valence-corrected chi connectivity index (χ2v) is 1.66. The molecule has 0 bridgehead atoms. The van der Waals surface area contributed by atoms with Crippen LogP contribution in [0, 0.1) is 0 Å². The van der Waals surface area contributed by atoms with Gasteiger partial charge >= 0.3 is 0 Å². The third kappa shape index (κ3) is 6.95. The zero-order chi connectivity index (χ0) is 7.66. The molecule has 2 heteroatoms. The zero-order valence-electron chi connectivity index (χ0n) is 6.12. The fourth-order valence-corrected chi connectivity index (χ4v) is 0.346. The van der Waals surface area contributed by atoms with E-state index in [2.05, 4.69) is 0 Å². The van der Waals surface area contributed by atoms with Crippen molar-refractivity contribution in [3.63, 3.8) is 0 Å². The standard InChI is InChI=1S/C5H6O.C3H6O/c1-2-4-6-5-3-1;1-2-3-4/h1-4H,5H2;3H,2H2,1H3. The minimum absolute atomic E-state index is 0.639. The monoisotopic (exact) mass is 140 g/mol.